The Kier molecular flexibility index (Phi) is 6.45. The molecule has 1 aliphatic heterocycles. The van der Waals surface area contributed by atoms with Crippen LogP contribution in [0.25, 0.3) is 0 Å². The lowest BCUT2D eigenvalue weighted by Gasteiger charge is -2.39. The quantitative estimate of drug-likeness (QED) is 0.709. The zero-order valence-electron chi connectivity index (χ0n) is 16.6. The number of carbonyl (C=O) groups is 1. The molecule has 150 valence electrons. The molecule has 2 heterocycles. The Labute approximate surface area is 171 Å². The molecule has 3 rings (SSSR count). The summed E-state index contributed by atoms with van der Waals surface area (Å²) >= 11 is 5.89. The number of hydrogen-bond donors (Lipinski definition) is 0. The molecular weight excluding hydrogens is 376 g/mol. The van der Waals surface area contributed by atoms with Gasteiger partial charge in [0, 0.05) is 37.2 Å². The fourth-order valence-corrected chi connectivity index (χ4v) is 3.52. The van der Waals surface area contributed by atoms with Crippen molar-refractivity contribution < 1.29 is 14.3 Å². The van der Waals surface area contributed by atoms with E-state index in [-0.39, 0.29) is 17.9 Å². The topological polar surface area (TPSA) is 51.7 Å². The summed E-state index contributed by atoms with van der Waals surface area (Å²) in [6, 6.07) is 13.8. The predicted molar refractivity (Wildman–Crippen MR) is 110 cm³/mol. The number of likely N-dealkylation sites (tertiary alicyclic amines) is 1. The number of carbonyl (C=O) groups excluding carboxylic acids is 1. The standard InChI is InChI=1S/C22H27ClN2O3/c1-22(2,3)28-21(26)25-12-11-17(15-27-20-10-9-18(23)13-24-20)19(14-25)16-7-5-4-6-8-16/h4-10,13,17,19H,11-12,14-15H2,1-3H3/t17?,19-/m1/s1. The van der Waals surface area contributed by atoms with Crippen LogP contribution in [0.15, 0.2) is 48.7 Å². The maximum atomic E-state index is 12.6. The molecule has 0 saturated carbocycles. The van der Waals surface area contributed by atoms with Gasteiger partial charge in [-0.1, -0.05) is 41.9 Å². The van der Waals surface area contributed by atoms with Gasteiger partial charge in [0.05, 0.1) is 11.6 Å². The lowest BCUT2D eigenvalue weighted by Crippen LogP contribution is -2.46. The van der Waals surface area contributed by atoms with E-state index in [0.717, 1.165) is 6.42 Å². The SMILES string of the molecule is CC(C)(C)OC(=O)N1CCC(COc2ccc(Cl)cn2)[C@@H](c2ccccc2)C1. The van der Waals surface area contributed by atoms with Gasteiger partial charge in [0.1, 0.15) is 5.60 Å². The zero-order chi connectivity index (χ0) is 20.1. The zero-order valence-corrected chi connectivity index (χ0v) is 17.4. The first-order chi connectivity index (χ1) is 13.3. The van der Waals surface area contributed by atoms with Gasteiger partial charge >= 0.3 is 6.09 Å². The van der Waals surface area contributed by atoms with Crippen molar-refractivity contribution >= 4 is 17.7 Å². The summed E-state index contributed by atoms with van der Waals surface area (Å²) in [7, 11) is 0. The number of amides is 1. The summed E-state index contributed by atoms with van der Waals surface area (Å²) in [5.74, 6) is 1.01. The maximum absolute atomic E-state index is 12.6. The molecule has 1 aliphatic rings. The second-order valence-corrected chi connectivity index (χ2v) is 8.55. The Hall–Kier alpha value is -2.27. The van der Waals surface area contributed by atoms with Crippen molar-refractivity contribution in [3.05, 3.63) is 59.2 Å². The second kappa shape index (κ2) is 8.82. The van der Waals surface area contributed by atoms with Crippen LogP contribution in [0.5, 0.6) is 5.88 Å². The molecule has 1 unspecified atom stereocenters. The molecule has 5 nitrogen and oxygen atoms in total. The molecule has 0 aliphatic carbocycles. The van der Waals surface area contributed by atoms with Gasteiger partial charge in [0.25, 0.3) is 0 Å². The first kappa shape index (κ1) is 20.5. The van der Waals surface area contributed by atoms with E-state index in [1.165, 1.54) is 5.56 Å². The Bertz CT molecular complexity index is 775. The number of halogens is 1. The minimum absolute atomic E-state index is 0.176. The average molecular weight is 403 g/mol. The van der Waals surface area contributed by atoms with E-state index in [1.54, 1.807) is 23.2 Å². The van der Waals surface area contributed by atoms with Crippen LogP contribution in [0.4, 0.5) is 4.79 Å². The highest BCUT2D eigenvalue weighted by molar-refractivity contribution is 6.30. The predicted octanol–water partition coefficient (Wildman–Crippen LogP) is 5.15. The van der Waals surface area contributed by atoms with Crippen LogP contribution in [0.1, 0.15) is 38.7 Å². The second-order valence-electron chi connectivity index (χ2n) is 8.12. The van der Waals surface area contributed by atoms with Gasteiger partial charge < -0.3 is 14.4 Å². The van der Waals surface area contributed by atoms with Crippen molar-refractivity contribution in [1.29, 1.82) is 0 Å². The first-order valence-electron chi connectivity index (χ1n) is 9.59. The van der Waals surface area contributed by atoms with Crippen molar-refractivity contribution in [3.63, 3.8) is 0 Å². The van der Waals surface area contributed by atoms with E-state index < -0.39 is 5.60 Å². The lowest BCUT2D eigenvalue weighted by atomic mass is 9.81. The Balaban J connectivity index is 1.71. The number of aromatic nitrogens is 1. The van der Waals surface area contributed by atoms with Gasteiger partial charge in [0.2, 0.25) is 5.88 Å². The van der Waals surface area contributed by atoms with Crippen LogP contribution in [0.3, 0.4) is 0 Å². The minimum Gasteiger partial charge on any atom is -0.477 e. The summed E-state index contributed by atoms with van der Waals surface area (Å²) in [6.07, 6.45) is 2.16. The number of benzene rings is 1. The third kappa shape index (κ3) is 5.61. The van der Waals surface area contributed by atoms with Crippen LogP contribution in [-0.4, -0.2) is 41.3 Å². The van der Waals surface area contributed by atoms with Crippen molar-refractivity contribution in [2.75, 3.05) is 19.7 Å². The number of rotatable bonds is 4. The average Bonchev–Trinajstić information content (AvgIpc) is 2.67. The smallest absolute Gasteiger partial charge is 0.410 e. The van der Waals surface area contributed by atoms with E-state index in [4.69, 9.17) is 21.1 Å². The molecule has 1 fully saturated rings. The molecule has 2 atom stereocenters. The fourth-order valence-electron chi connectivity index (χ4n) is 3.41. The van der Waals surface area contributed by atoms with Crippen LogP contribution >= 0.6 is 11.6 Å². The van der Waals surface area contributed by atoms with Gasteiger partial charge in [0.15, 0.2) is 0 Å². The summed E-state index contributed by atoms with van der Waals surface area (Å²) in [6.45, 7) is 7.47. The molecule has 0 N–H and O–H groups in total. The van der Waals surface area contributed by atoms with Gasteiger partial charge in [-0.15, -0.1) is 0 Å². The van der Waals surface area contributed by atoms with Gasteiger partial charge in [-0.25, -0.2) is 9.78 Å². The summed E-state index contributed by atoms with van der Waals surface area (Å²) in [5, 5.41) is 0.584. The number of piperidine rings is 1. The van der Waals surface area contributed by atoms with E-state index in [2.05, 4.69) is 17.1 Å². The number of ether oxygens (including phenoxy) is 2. The Morgan fingerprint density at radius 3 is 2.61 bits per heavy atom. The van der Waals surface area contributed by atoms with Crippen LogP contribution < -0.4 is 4.74 Å². The van der Waals surface area contributed by atoms with Gasteiger partial charge in [-0.3, -0.25) is 0 Å². The van der Waals surface area contributed by atoms with E-state index in [9.17, 15) is 4.79 Å². The molecule has 1 amide bonds. The highest BCUT2D eigenvalue weighted by atomic mass is 35.5. The Morgan fingerprint density at radius 2 is 1.96 bits per heavy atom. The van der Waals surface area contributed by atoms with E-state index >= 15 is 0 Å². The minimum atomic E-state index is -0.500. The molecule has 0 bridgehead atoms. The summed E-state index contributed by atoms with van der Waals surface area (Å²) in [4.78, 5) is 18.6. The lowest BCUT2D eigenvalue weighted by molar-refractivity contribution is 0.0129. The molecule has 0 spiro atoms. The van der Waals surface area contributed by atoms with Crippen molar-refractivity contribution in [3.8, 4) is 5.88 Å². The number of hydrogen-bond acceptors (Lipinski definition) is 4. The van der Waals surface area contributed by atoms with Crippen molar-refractivity contribution in [2.24, 2.45) is 5.92 Å². The third-order valence-corrected chi connectivity index (χ3v) is 5.00. The highest BCUT2D eigenvalue weighted by Crippen LogP contribution is 2.33. The highest BCUT2D eigenvalue weighted by Gasteiger charge is 2.34. The molecule has 1 aromatic carbocycles. The molecule has 1 aromatic heterocycles. The summed E-state index contributed by atoms with van der Waals surface area (Å²) < 4.78 is 11.5. The van der Waals surface area contributed by atoms with E-state index in [1.807, 2.05) is 39.0 Å². The molecule has 6 heteroatoms. The maximum Gasteiger partial charge on any atom is 0.410 e. The van der Waals surface area contributed by atoms with Gasteiger partial charge in [-0.05, 0) is 38.8 Å². The van der Waals surface area contributed by atoms with Crippen LogP contribution in [0.2, 0.25) is 5.02 Å². The van der Waals surface area contributed by atoms with Crippen LogP contribution in [0, 0.1) is 5.92 Å². The first-order valence-corrected chi connectivity index (χ1v) is 9.97. The fraction of sp³-hybridized carbons (Fsp3) is 0.455. The molecule has 28 heavy (non-hydrogen) atoms. The largest absolute Gasteiger partial charge is 0.477 e. The monoisotopic (exact) mass is 402 g/mol. The van der Waals surface area contributed by atoms with Crippen molar-refractivity contribution in [1.82, 2.24) is 9.88 Å². The summed E-state index contributed by atoms with van der Waals surface area (Å²) in [5.41, 5.74) is 0.702. The molecular formula is C22H27ClN2O3. The number of pyridine rings is 1. The van der Waals surface area contributed by atoms with Gasteiger partial charge in [-0.2, -0.15) is 0 Å². The van der Waals surface area contributed by atoms with E-state index in [0.29, 0.717) is 30.6 Å². The molecule has 2 aromatic rings. The molecule has 1 saturated heterocycles. The Morgan fingerprint density at radius 1 is 1.21 bits per heavy atom. The van der Waals surface area contributed by atoms with Crippen molar-refractivity contribution in [2.45, 2.75) is 38.7 Å². The normalized spacial score (nSPS) is 19.9. The van der Waals surface area contributed by atoms with Crippen LogP contribution in [-0.2, 0) is 4.74 Å². The number of nitrogens with zero attached hydrogens (tertiary/aromatic N) is 2. The third-order valence-electron chi connectivity index (χ3n) is 4.78. The molecule has 0 radical (unpaired) electrons.